The number of amides is 1. The molecule has 0 unspecified atom stereocenters. The first-order chi connectivity index (χ1) is 9.10. The van der Waals surface area contributed by atoms with Gasteiger partial charge in [-0.25, -0.2) is 0 Å². The lowest BCUT2D eigenvalue weighted by Gasteiger charge is -2.21. The summed E-state index contributed by atoms with van der Waals surface area (Å²) < 4.78 is 38.6. The van der Waals surface area contributed by atoms with E-state index in [2.05, 4.69) is 15.9 Å². The van der Waals surface area contributed by atoms with Crippen LogP contribution in [0.5, 0.6) is 0 Å². The molecule has 1 aromatic carbocycles. The molecule has 0 atom stereocenters. The molecule has 0 radical (unpaired) electrons. The molecule has 0 saturated carbocycles. The highest BCUT2D eigenvalue weighted by Crippen LogP contribution is 2.34. The van der Waals surface area contributed by atoms with Crippen molar-refractivity contribution in [3.63, 3.8) is 0 Å². The smallest absolute Gasteiger partial charge is 0.338 e. The van der Waals surface area contributed by atoms with Crippen molar-refractivity contribution in [3.05, 3.63) is 33.8 Å². The highest BCUT2D eigenvalue weighted by Gasteiger charge is 2.35. The fraction of sp³-hybridized carbons (Fsp3) is 0.500. The summed E-state index contributed by atoms with van der Waals surface area (Å²) in [5, 5.41) is 0. The van der Waals surface area contributed by atoms with Crippen LogP contribution >= 0.6 is 15.9 Å². The van der Waals surface area contributed by atoms with Gasteiger partial charge in [-0.2, -0.15) is 13.2 Å². The van der Waals surface area contributed by atoms with Gasteiger partial charge in [0.1, 0.15) is 0 Å². The topological polar surface area (TPSA) is 20.3 Å². The van der Waals surface area contributed by atoms with Crippen LogP contribution in [0, 0.1) is 5.41 Å². The number of rotatable bonds is 1. The van der Waals surface area contributed by atoms with Gasteiger partial charge in [-0.3, -0.25) is 4.79 Å². The molecule has 0 bridgehead atoms. The van der Waals surface area contributed by atoms with E-state index in [1.165, 1.54) is 6.07 Å². The first-order valence-electron chi connectivity index (χ1n) is 6.26. The standard InChI is InChI=1S/C14H15BrF3NO/c1-13(2)5-6-19(8-13)12(20)10-7-9(14(16,17)18)3-4-11(10)15/h3-4,7H,5-6,8H2,1-2H3. The third-order valence-corrected chi connectivity index (χ3v) is 4.18. The van der Waals surface area contributed by atoms with Crippen molar-refractivity contribution < 1.29 is 18.0 Å². The van der Waals surface area contributed by atoms with E-state index in [1.807, 2.05) is 13.8 Å². The van der Waals surface area contributed by atoms with Crippen LogP contribution in [0.15, 0.2) is 22.7 Å². The number of benzene rings is 1. The van der Waals surface area contributed by atoms with E-state index < -0.39 is 11.7 Å². The largest absolute Gasteiger partial charge is 0.416 e. The van der Waals surface area contributed by atoms with Gasteiger partial charge in [0.2, 0.25) is 0 Å². The summed E-state index contributed by atoms with van der Waals surface area (Å²) in [5.41, 5.74) is -0.718. The van der Waals surface area contributed by atoms with E-state index >= 15 is 0 Å². The monoisotopic (exact) mass is 349 g/mol. The minimum absolute atomic E-state index is 0.0176. The molecule has 110 valence electrons. The van der Waals surface area contributed by atoms with Crippen LogP contribution in [0.2, 0.25) is 0 Å². The highest BCUT2D eigenvalue weighted by atomic mass is 79.9. The second kappa shape index (κ2) is 5.06. The number of carbonyl (C=O) groups is 1. The Labute approximate surface area is 124 Å². The van der Waals surface area contributed by atoms with Crippen LogP contribution in [0.25, 0.3) is 0 Å². The maximum Gasteiger partial charge on any atom is 0.416 e. The quantitative estimate of drug-likeness (QED) is 0.738. The number of halogens is 4. The zero-order valence-electron chi connectivity index (χ0n) is 11.2. The molecule has 20 heavy (non-hydrogen) atoms. The van der Waals surface area contributed by atoms with Gasteiger partial charge in [-0.05, 0) is 46.0 Å². The van der Waals surface area contributed by atoms with Gasteiger partial charge < -0.3 is 4.90 Å². The molecule has 0 aliphatic carbocycles. The minimum Gasteiger partial charge on any atom is -0.338 e. The molecule has 1 aromatic rings. The van der Waals surface area contributed by atoms with Crippen LogP contribution in [0.1, 0.15) is 36.2 Å². The van der Waals surface area contributed by atoms with Crippen molar-refractivity contribution in [2.75, 3.05) is 13.1 Å². The van der Waals surface area contributed by atoms with Crippen LogP contribution in [-0.2, 0) is 6.18 Å². The lowest BCUT2D eigenvalue weighted by atomic mass is 9.93. The third kappa shape index (κ3) is 3.16. The summed E-state index contributed by atoms with van der Waals surface area (Å²) in [6.45, 7) is 5.23. The molecule has 0 spiro atoms. The van der Waals surface area contributed by atoms with E-state index in [0.29, 0.717) is 17.6 Å². The van der Waals surface area contributed by atoms with E-state index in [1.54, 1.807) is 4.90 Å². The van der Waals surface area contributed by atoms with Crippen LogP contribution in [0.4, 0.5) is 13.2 Å². The van der Waals surface area contributed by atoms with E-state index in [0.717, 1.165) is 18.6 Å². The summed E-state index contributed by atoms with van der Waals surface area (Å²) in [7, 11) is 0. The third-order valence-electron chi connectivity index (χ3n) is 3.49. The molecule has 2 rings (SSSR count). The summed E-state index contributed by atoms with van der Waals surface area (Å²) >= 11 is 3.16. The van der Waals surface area contributed by atoms with Gasteiger partial charge in [0.15, 0.2) is 0 Å². The van der Waals surface area contributed by atoms with Gasteiger partial charge in [0, 0.05) is 17.6 Å². The SMILES string of the molecule is CC1(C)CCN(C(=O)c2cc(C(F)(F)F)ccc2Br)C1. The van der Waals surface area contributed by atoms with Gasteiger partial charge >= 0.3 is 6.18 Å². The van der Waals surface area contributed by atoms with Gasteiger partial charge in [0.25, 0.3) is 5.91 Å². The molecule has 6 heteroatoms. The predicted molar refractivity (Wildman–Crippen MR) is 73.4 cm³/mol. The number of alkyl halides is 3. The normalized spacial score (nSPS) is 18.4. The number of nitrogens with zero attached hydrogens (tertiary/aromatic N) is 1. The zero-order valence-corrected chi connectivity index (χ0v) is 12.8. The molecule has 2 nitrogen and oxygen atoms in total. The Morgan fingerprint density at radius 2 is 2.00 bits per heavy atom. The Morgan fingerprint density at radius 3 is 2.50 bits per heavy atom. The second-order valence-electron chi connectivity index (χ2n) is 5.83. The van der Waals surface area contributed by atoms with Crippen molar-refractivity contribution in [2.24, 2.45) is 5.41 Å². The molecule has 1 aliphatic heterocycles. The van der Waals surface area contributed by atoms with Crippen molar-refractivity contribution in [3.8, 4) is 0 Å². The second-order valence-corrected chi connectivity index (χ2v) is 6.69. The molecule has 1 amide bonds. The summed E-state index contributed by atoms with van der Waals surface area (Å²) in [5.74, 6) is -0.353. The van der Waals surface area contributed by atoms with Gasteiger partial charge in [0.05, 0.1) is 11.1 Å². The van der Waals surface area contributed by atoms with E-state index in [4.69, 9.17) is 0 Å². The average Bonchev–Trinajstić information content (AvgIpc) is 2.68. The van der Waals surface area contributed by atoms with Crippen molar-refractivity contribution in [2.45, 2.75) is 26.4 Å². The van der Waals surface area contributed by atoms with Crippen molar-refractivity contribution in [1.29, 1.82) is 0 Å². The zero-order chi connectivity index (χ0) is 15.1. The predicted octanol–water partition coefficient (Wildman–Crippen LogP) is 4.34. The van der Waals surface area contributed by atoms with E-state index in [-0.39, 0.29) is 16.9 Å². The first-order valence-corrected chi connectivity index (χ1v) is 7.05. The number of hydrogen-bond acceptors (Lipinski definition) is 1. The van der Waals surface area contributed by atoms with Crippen LogP contribution < -0.4 is 0 Å². The molecule has 1 aliphatic rings. The maximum atomic E-state index is 12.7. The van der Waals surface area contributed by atoms with Gasteiger partial charge in [-0.1, -0.05) is 13.8 Å². The lowest BCUT2D eigenvalue weighted by molar-refractivity contribution is -0.137. The van der Waals surface area contributed by atoms with Crippen molar-refractivity contribution >= 4 is 21.8 Å². The molecule has 1 saturated heterocycles. The average molecular weight is 350 g/mol. The molecule has 1 heterocycles. The first kappa shape index (κ1) is 15.4. The maximum absolute atomic E-state index is 12.7. The number of hydrogen-bond donors (Lipinski definition) is 0. The Balaban J connectivity index is 2.31. The molecular formula is C14H15BrF3NO. The summed E-state index contributed by atoms with van der Waals surface area (Å²) in [6, 6.07) is 3.16. The van der Waals surface area contributed by atoms with Crippen LogP contribution in [-0.4, -0.2) is 23.9 Å². The molecular weight excluding hydrogens is 335 g/mol. The Morgan fingerprint density at radius 1 is 1.35 bits per heavy atom. The Hall–Kier alpha value is -1.04. The summed E-state index contributed by atoms with van der Waals surface area (Å²) in [4.78, 5) is 14.0. The van der Waals surface area contributed by atoms with E-state index in [9.17, 15) is 18.0 Å². The Bertz CT molecular complexity index is 540. The van der Waals surface area contributed by atoms with Gasteiger partial charge in [-0.15, -0.1) is 0 Å². The summed E-state index contributed by atoms with van der Waals surface area (Å²) in [6.07, 6.45) is -3.59. The minimum atomic E-state index is -4.44. The molecule has 0 N–H and O–H groups in total. The van der Waals surface area contributed by atoms with Crippen LogP contribution in [0.3, 0.4) is 0 Å². The Kier molecular flexibility index (Phi) is 3.88. The molecule has 0 aromatic heterocycles. The van der Waals surface area contributed by atoms with Crippen molar-refractivity contribution in [1.82, 2.24) is 4.90 Å². The lowest BCUT2D eigenvalue weighted by Crippen LogP contribution is -2.30. The highest BCUT2D eigenvalue weighted by molar-refractivity contribution is 9.10. The number of carbonyl (C=O) groups excluding carboxylic acids is 1. The fourth-order valence-corrected chi connectivity index (χ4v) is 2.74. The fourth-order valence-electron chi connectivity index (χ4n) is 2.32. The molecule has 1 fully saturated rings. The number of likely N-dealkylation sites (tertiary alicyclic amines) is 1.